The van der Waals surface area contributed by atoms with Gasteiger partial charge in [0.2, 0.25) is 0 Å². The van der Waals surface area contributed by atoms with Crippen molar-refractivity contribution in [3.8, 4) is 5.75 Å². The molecule has 3 aromatic carbocycles. The first-order chi connectivity index (χ1) is 15.1. The highest BCUT2D eigenvalue weighted by Gasteiger charge is 2.11. The Morgan fingerprint density at radius 1 is 0.935 bits per heavy atom. The molecule has 156 valence electrons. The molecule has 1 heterocycles. The van der Waals surface area contributed by atoms with E-state index in [1.54, 1.807) is 49.4 Å². The molecule has 0 unspecified atom stereocenters. The maximum atomic E-state index is 14.3. The SMILES string of the molecule is CCOc1cc2ncnc(Nc3ccc(NC(=O)Nc4ccccc4)cc3)c2cc1F. The fraction of sp³-hybridized carbons (Fsp3) is 0.0870. The summed E-state index contributed by atoms with van der Waals surface area (Å²) >= 11 is 0. The van der Waals surface area contributed by atoms with Gasteiger partial charge in [0.15, 0.2) is 11.6 Å². The number of rotatable bonds is 6. The Labute approximate surface area is 178 Å². The maximum Gasteiger partial charge on any atom is 0.323 e. The number of carbonyl (C=O) groups is 1. The second-order valence-electron chi connectivity index (χ2n) is 6.60. The Morgan fingerprint density at radius 2 is 1.61 bits per heavy atom. The van der Waals surface area contributed by atoms with Gasteiger partial charge in [-0.2, -0.15) is 0 Å². The topological polar surface area (TPSA) is 88.2 Å². The van der Waals surface area contributed by atoms with Crippen LogP contribution in [-0.2, 0) is 0 Å². The standard InChI is InChI=1S/C23H20FN5O2/c1-2-31-21-13-20-18(12-19(21)24)22(26-14-25-20)27-16-8-10-17(11-9-16)29-23(30)28-15-6-4-3-5-7-15/h3-14H,2H2,1H3,(H,25,26,27)(H2,28,29,30). The molecule has 0 bridgehead atoms. The number of carbonyl (C=O) groups excluding carboxylic acids is 1. The quantitative estimate of drug-likeness (QED) is 0.383. The zero-order chi connectivity index (χ0) is 21.6. The number of hydrogen-bond acceptors (Lipinski definition) is 5. The highest BCUT2D eigenvalue weighted by Crippen LogP contribution is 2.29. The second kappa shape index (κ2) is 9.08. The number of fused-ring (bicyclic) bond motifs is 1. The van der Waals surface area contributed by atoms with Gasteiger partial charge in [-0.3, -0.25) is 0 Å². The molecular formula is C23H20FN5O2. The Hall–Kier alpha value is -4.20. The van der Waals surface area contributed by atoms with Crippen molar-refractivity contribution >= 4 is 39.8 Å². The Bertz CT molecular complexity index is 1200. The van der Waals surface area contributed by atoms with Crippen molar-refractivity contribution in [3.05, 3.63) is 78.9 Å². The van der Waals surface area contributed by atoms with Crippen molar-refractivity contribution in [2.75, 3.05) is 22.6 Å². The first-order valence-electron chi connectivity index (χ1n) is 9.69. The van der Waals surface area contributed by atoms with Crippen LogP contribution in [0.1, 0.15) is 6.92 Å². The van der Waals surface area contributed by atoms with Crippen LogP contribution in [0.15, 0.2) is 73.1 Å². The number of ether oxygens (including phenoxy) is 1. The fourth-order valence-corrected chi connectivity index (χ4v) is 3.01. The number of para-hydroxylation sites is 1. The molecule has 3 N–H and O–H groups in total. The second-order valence-corrected chi connectivity index (χ2v) is 6.60. The van der Waals surface area contributed by atoms with Crippen molar-refractivity contribution in [1.29, 1.82) is 0 Å². The average Bonchev–Trinajstić information content (AvgIpc) is 2.77. The van der Waals surface area contributed by atoms with Crippen molar-refractivity contribution in [2.45, 2.75) is 6.92 Å². The minimum atomic E-state index is -0.476. The molecule has 2 amide bonds. The third kappa shape index (κ3) is 4.87. The lowest BCUT2D eigenvalue weighted by Crippen LogP contribution is -2.19. The van der Waals surface area contributed by atoms with Crippen LogP contribution in [0.4, 0.5) is 32.1 Å². The van der Waals surface area contributed by atoms with Crippen molar-refractivity contribution in [1.82, 2.24) is 9.97 Å². The summed E-state index contributed by atoms with van der Waals surface area (Å²) in [6.45, 7) is 2.16. The van der Waals surface area contributed by atoms with Crippen LogP contribution in [0.25, 0.3) is 10.9 Å². The molecule has 0 spiro atoms. The smallest absolute Gasteiger partial charge is 0.323 e. The zero-order valence-corrected chi connectivity index (χ0v) is 16.7. The normalized spacial score (nSPS) is 10.5. The summed E-state index contributed by atoms with van der Waals surface area (Å²) in [5.74, 6) is 0.148. The molecule has 0 atom stereocenters. The molecule has 0 aliphatic carbocycles. The molecule has 0 saturated heterocycles. The van der Waals surface area contributed by atoms with Crippen LogP contribution < -0.4 is 20.7 Å². The van der Waals surface area contributed by atoms with Gasteiger partial charge in [-0.05, 0) is 49.4 Å². The number of anilines is 4. The number of amides is 2. The molecule has 0 radical (unpaired) electrons. The number of benzene rings is 3. The number of hydrogen-bond donors (Lipinski definition) is 3. The van der Waals surface area contributed by atoms with Gasteiger partial charge in [-0.1, -0.05) is 18.2 Å². The van der Waals surface area contributed by atoms with E-state index in [0.29, 0.717) is 34.7 Å². The Morgan fingerprint density at radius 3 is 2.32 bits per heavy atom. The van der Waals surface area contributed by atoms with Gasteiger partial charge in [0, 0.05) is 28.5 Å². The number of halogens is 1. The molecule has 7 nitrogen and oxygen atoms in total. The molecule has 0 fully saturated rings. The summed E-state index contributed by atoms with van der Waals surface area (Å²) in [6.07, 6.45) is 1.40. The molecule has 0 aliphatic heterocycles. The number of nitrogens with zero attached hydrogens (tertiary/aromatic N) is 2. The van der Waals surface area contributed by atoms with E-state index in [1.807, 2.05) is 18.2 Å². The number of nitrogens with one attached hydrogen (secondary N) is 3. The molecule has 0 aliphatic rings. The first-order valence-corrected chi connectivity index (χ1v) is 9.69. The predicted octanol–water partition coefficient (Wildman–Crippen LogP) is 5.56. The van der Waals surface area contributed by atoms with E-state index < -0.39 is 5.82 Å². The summed E-state index contributed by atoms with van der Waals surface area (Å²) < 4.78 is 19.6. The van der Waals surface area contributed by atoms with Gasteiger partial charge in [-0.25, -0.2) is 19.2 Å². The minimum Gasteiger partial charge on any atom is -0.491 e. The van der Waals surface area contributed by atoms with E-state index in [0.717, 1.165) is 5.69 Å². The van der Waals surface area contributed by atoms with E-state index in [2.05, 4.69) is 25.9 Å². The summed E-state index contributed by atoms with van der Waals surface area (Å²) in [7, 11) is 0. The lowest BCUT2D eigenvalue weighted by Gasteiger charge is -2.11. The highest BCUT2D eigenvalue weighted by molar-refractivity contribution is 6.00. The van der Waals surface area contributed by atoms with Crippen LogP contribution in [0.3, 0.4) is 0 Å². The number of aromatic nitrogens is 2. The predicted molar refractivity (Wildman–Crippen MR) is 119 cm³/mol. The van der Waals surface area contributed by atoms with E-state index in [-0.39, 0.29) is 11.8 Å². The minimum absolute atomic E-state index is 0.156. The lowest BCUT2D eigenvalue weighted by atomic mass is 10.2. The summed E-state index contributed by atoms with van der Waals surface area (Å²) in [5.41, 5.74) is 2.62. The van der Waals surface area contributed by atoms with Gasteiger partial charge in [-0.15, -0.1) is 0 Å². The van der Waals surface area contributed by atoms with Crippen LogP contribution in [0.5, 0.6) is 5.75 Å². The Kier molecular flexibility index (Phi) is 5.89. The summed E-state index contributed by atoms with van der Waals surface area (Å²) in [5, 5.41) is 9.22. The van der Waals surface area contributed by atoms with E-state index in [1.165, 1.54) is 12.4 Å². The van der Waals surface area contributed by atoms with Crippen LogP contribution >= 0.6 is 0 Å². The van der Waals surface area contributed by atoms with Gasteiger partial charge in [0.05, 0.1) is 12.1 Å². The molecule has 4 rings (SSSR count). The number of urea groups is 1. The van der Waals surface area contributed by atoms with E-state index in [4.69, 9.17) is 4.74 Å². The molecule has 0 saturated carbocycles. The van der Waals surface area contributed by atoms with Crippen molar-refractivity contribution in [3.63, 3.8) is 0 Å². The van der Waals surface area contributed by atoms with Gasteiger partial charge < -0.3 is 20.7 Å². The van der Waals surface area contributed by atoms with Crippen LogP contribution in [-0.4, -0.2) is 22.6 Å². The average molecular weight is 417 g/mol. The first kappa shape index (κ1) is 20.1. The van der Waals surface area contributed by atoms with Crippen molar-refractivity contribution < 1.29 is 13.9 Å². The molecule has 8 heteroatoms. The Balaban J connectivity index is 1.47. The third-order valence-corrected chi connectivity index (χ3v) is 4.43. The van der Waals surface area contributed by atoms with Crippen LogP contribution in [0.2, 0.25) is 0 Å². The maximum absolute atomic E-state index is 14.3. The van der Waals surface area contributed by atoms with Gasteiger partial charge in [0.25, 0.3) is 0 Å². The molecular weight excluding hydrogens is 397 g/mol. The van der Waals surface area contributed by atoms with Crippen molar-refractivity contribution in [2.24, 2.45) is 0 Å². The summed E-state index contributed by atoms with van der Waals surface area (Å²) in [4.78, 5) is 20.5. The van der Waals surface area contributed by atoms with Gasteiger partial charge >= 0.3 is 6.03 Å². The molecule has 4 aromatic rings. The van der Waals surface area contributed by atoms with Crippen LogP contribution in [0, 0.1) is 5.82 Å². The highest BCUT2D eigenvalue weighted by atomic mass is 19.1. The molecule has 1 aromatic heterocycles. The molecule has 31 heavy (non-hydrogen) atoms. The fourth-order valence-electron chi connectivity index (χ4n) is 3.01. The third-order valence-electron chi connectivity index (χ3n) is 4.43. The lowest BCUT2D eigenvalue weighted by molar-refractivity contribution is 0.262. The zero-order valence-electron chi connectivity index (χ0n) is 16.7. The van der Waals surface area contributed by atoms with E-state index in [9.17, 15) is 9.18 Å². The summed E-state index contributed by atoms with van der Waals surface area (Å²) in [6, 6.07) is 18.8. The van der Waals surface area contributed by atoms with Gasteiger partial charge in [0.1, 0.15) is 12.1 Å². The monoisotopic (exact) mass is 417 g/mol. The largest absolute Gasteiger partial charge is 0.491 e. The van der Waals surface area contributed by atoms with E-state index >= 15 is 0 Å².